The number of nitrogen functional groups attached to an aromatic ring is 1. The van der Waals surface area contributed by atoms with Crippen molar-refractivity contribution in [1.29, 1.82) is 0 Å². The number of aromatic nitrogens is 3. The molecule has 5 nitrogen and oxygen atoms in total. The molecule has 0 saturated carbocycles. The topological polar surface area (TPSA) is 76.7 Å². The lowest BCUT2D eigenvalue weighted by atomic mass is 9.81. The zero-order valence-electron chi connectivity index (χ0n) is 13.7. The van der Waals surface area contributed by atoms with E-state index in [1.165, 1.54) is 25.0 Å². The van der Waals surface area contributed by atoms with Gasteiger partial charge in [-0.05, 0) is 43.7 Å². The maximum atomic E-state index is 14.1. The van der Waals surface area contributed by atoms with E-state index in [0.29, 0.717) is 11.9 Å². The molecule has 1 aliphatic rings. The van der Waals surface area contributed by atoms with Gasteiger partial charge in [0.2, 0.25) is 11.9 Å². The molecule has 0 spiro atoms. The third kappa shape index (κ3) is 3.25. The van der Waals surface area contributed by atoms with E-state index in [1.54, 1.807) is 0 Å². The van der Waals surface area contributed by atoms with Crippen LogP contribution in [-0.2, 0) is 12.1 Å². The van der Waals surface area contributed by atoms with Crippen LogP contribution in [-0.4, -0.2) is 15.0 Å². The average molecular weight is 315 g/mol. The monoisotopic (exact) mass is 315 g/mol. The van der Waals surface area contributed by atoms with Crippen molar-refractivity contribution >= 4 is 11.9 Å². The molecule has 0 fully saturated rings. The molecule has 2 aromatic rings. The van der Waals surface area contributed by atoms with Crippen LogP contribution in [0.2, 0.25) is 0 Å². The Balaban J connectivity index is 1.94. The SMILES string of the molecule is C[C@H]1CCc2ccccc2[C@@H]1Nc1nc(N)nc(C(C)(C)F)n1. The van der Waals surface area contributed by atoms with Crippen LogP contribution in [0.3, 0.4) is 0 Å². The lowest BCUT2D eigenvalue weighted by Crippen LogP contribution is -2.27. The molecular weight excluding hydrogens is 293 g/mol. The van der Waals surface area contributed by atoms with Crippen molar-refractivity contribution < 1.29 is 4.39 Å². The quantitative estimate of drug-likeness (QED) is 0.908. The highest BCUT2D eigenvalue weighted by Crippen LogP contribution is 2.36. The Bertz CT molecular complexity index is 710. The highest BCUT2D eigenvalue weighted by molar-refractivity contribution is 5.41. The van der Waals surface area contributed by atoms with Crippen LogP contribution in [0.1, 0.15) is 50.2 Å². The molecule has 3 rings (SSSR count). The van der Waals surface area contributed by atoms with E-state index >= 15 is 0 Å². The maximum absolute atomic E-state index is 14.1. The summed E-state index contributed by atoms with van der Waals surface area (Å²) in [5, 5.41) is 3.33. The van der Waals surface area contributed by atoms with Gasteiger partial charge in [-0.1, -0.05) is 31.2 Å². The average Bonchev–Trinajstić information content (AvgIpc) is 2.49. The van der Waals surface area contributed by atoms with Gasteiger partial charge in [0.1, 0.15) is 0 Å². The second kappa shape index (κ2) is 5.76. The largest absolute Gasteiger partial charge is 0.368 e. The summed E-state index contributed by atoms with van der Waals surface area (Å²) in [7, 11) is 0. The third-order valence-electron chi connectivity index (χ3n) is 4.30. The minimum absolute atomic E-state index is 0.0278. The summed E-state index contributed by atoms with van der Waals surface area (Å²) in [5.41, 5.74) is 6.63. The summed E-state index contributed by atoms with van der Waals surface area (Å²) in [4.78, 5) is 12.2. The molecule has 1 aromatic carbocycles. The van der Waals surface area contributed by atoms with Gasteiger partial charge in [0.15, 0.2) is 11.5 Å². The van der Waals surface area contributed by atoms with E-state index in [-0.39, 0.29) is 17.8 Å². The molecule has 0 saturated heterocycles. The number of hydrogen-bond donors (Lipinski definition) is 2. The number of rotatable bonds is 3. The second-order valence-electron chi connectivity index (χ2n) is 6.65. The van der Waals surface area contributed by atoms with E-state index in [1.807, 2.05) is 6.07 Å². The predicted octanol–water partition coefficient (Wildman–Crippen LogP) is 3.39. The van der Waals surface area contributed by atoms with Gasteiger partial charge in [0, 0.05) is 0 Å². The molecule has 6 heteroatoms. The Hall–Kier alpha value is -2.24. The van der Waals surface area contributed by atoms with Gasteiger partial charge in [-0.25, -0.2) is 4.39 Å². The molecule has 122 valence electrons. The third-order valence-corrected chi connectivity index (χ3v) is 4.30. The van der Waals surface area contributed by atoms with Gasteiger partial charge in [-0.2, -0.15) is 15.0 Å². The number of halogens is 1. The van der Waals surface area contributed by atoms with Gasteiger partial charge >= 0.3 is 0 Å². The lowest BCUT2D eigenvalue weighted by molar-refractivity contribution is 0.206. The molecular formula is C17H22FN5. The number of benzene rings is 1. The highest BCUT2D eigenvalue weighted by Gasteiger charge is 2.28. The first-order chi connectivity index (χ1) is 10.8. The molecule has 0 unspecified atom stereocenters. The Labute approximate surface area is 135 Å². The van der Waals surface area contributed by atoms with Crippen LogP contribution in [0.25, 0.3) is 0 Å². The molecule has 3 N–H and O–H groups in total. The summed E-state index contributed by atoms with van der Waals surface area (Å²) in [6.07, 6.45) is 2.15. The molecule has 1 heterocycles. The zero-order chi connectivity index (χ0) is 16.6. The number of alkyl halides is 1. The van der Waals surface area contributed by atoms with Crippen LogP contribution in [0.15, 0.2) is 24.3 Å². The molecule has 23 heavy (non-hydrogen) atoms. The van der Waals surface area contributed by atoms with Crippen LogP contribution >= 0.6 is 0 Å². The number of hydrogen-bond acceptors (Lipinski definition) is 5. The first kappa shape index (κ1) is 15.6. The van der Waals surface area contributed by atoms with Crippen molar-refractivity contribution in [2.75, 3.05) is 11.1 Å². The van der Waals surface area contributed by atoms with E-state index in [0.717, 1.165) is 12.8 Å². The van der Waals surface area contributed by atoms with Gasteiger partial charge in [0.25, 0.3) is 0 Å². The number of nitrogens with one attached hydrogen (secondary N) is 1. The van der Waals surface area contributed by atoms with E-state index in [2.05, 4.69) is 45.4 Å². The predicted molar refractivity (Wildman–Crippen MR) is 88.7 cm³/mol. The lowest BCUT2D eigenvalue weighted by Gasteiger charge is -2.32. The van der Waals surface area contributed by atoms with Crippen molar-refractivity contribution in [3.05, 3.63) is 41.2 Å². The van der Waals surface area contributed by atoms with Gasteiger partial charge in [-0.3, -0.25) is 0 Å². The Morgan fingerprint density at radius 1 is 1.22 bits per heavy atom. The number of aryl methyl sites for hydroxylation is 1. The second-order valence-corrected chi connectivity index (χ2v) is 6.65. The molecule has 2 atom stereocenters. The van der Waals surface area contributed by atoms with Crippen molar-refractivity contribution in [3.8, 4) is 0 Å². The summed E-state index contributed by atoms with van der Waals surface area (Å²) in [6.45, 7) is 5.01. The Kier molecular flexibility index (Phi) is 3.92. The Morgan fingerprint density at radius 3 is 2.70 bits per heavy atom. The van der Waals surface area contributed by atoms with Gasteiger partial charge < -0.3 is 11.1 Å². The summed E-state index contributed by atoms with van der Waals surface area (Å²) < 4.78 is 14.1. The van der Waals surface area contributed by atoms with E-state index in [9.17, 15) is 4.39 Å². The number of nitrogens with two attached hydrogens (primary N) is 1. The molecule has 1 aliphatic carbocycles. The minimum Gasteiger partial charge on any atom is -0.368 e. The van der Waals surface area contributed by atoms with Crippen LogP contribution in [0, 0.1) is 5.92 Å². The molecule has 1 aromatic heterocycles. The fourth-order valence-corrected chi connectivity index (χ4v) is 3.00. The fourth-order valence-electron chi connectivity index (χ4n) is 3.00. The summed E-state index contributed by atoms with van der Waals surface area (Å²) in [5.74, 6) is 0.820. The zero-order valence-corrected chi connectivity index (χ0v) is 13.7. The standard InChI is InChI=1S/C17H22FN5/c1-10-8-9-11-6-4-5-7-12(11)13(10)20-16-22-14(17(2,3)18)21-15(19)23-16/h4-7,10,13H,8-9H2,1-3H3,(H3,19,20,21,22,23)/t10-,13+/m0/s1. The first-order valence-corrected chi connectivity index (χ1v) is 7.90. The van der Waals surface area contributed by atoms with E-state index in [4.69, 9.17) is 5.73 Å². The molecule has 0 bridgehead atoms. The first-order valence-electron chi connectivity index (χ1n) is 7.90. The van der Waals surface area contributed by atoms with Gasteiger partial charge in [0.05, 0.1) is 6.04 Å². The van der Waals surface area contributed by atoms with Crippen molar-refractivity contribution in [2.24, 2.45) is 5.92 Å². The Morgan fingerprint density at radius 2 is 1.96 bits per heavy atom. The number of fused-ring (bicyclic) bond motifs is 1. The summed E-state index contributed by atoms with van der Waals surface area (Å²) in [6, 6.07) is 8.43. The minimum atomic E-state index is -1.66. The summed E-state index contributed by atoms with van der Waals surface area (Å²) >= 11 is 0. The smallest absolute Gasteiger partial charge is 0.228 e. The van der Waals surface area contributed by atoms with Crippen molar-refractivity contribution in [1.82, 2.24) is 15.0 Å². The van der Waals surface area contributed by atoms with Crippen LogP contribution in [0.5, 0.6) is 0 Å². The van der Waals surface area contributed by atoms with Gasteiger partial charge in [-0.15, -0.1) is 0 Å². The number of anilines is 2. The number of nitrogens with zero attached hydrogens (tertiary/aromatic N) is 3. The fraction of sp³-hybridized carbons (Fsp3) is 0.471. The molecule has 0 aliphatic heterocycles. The van der Waals surface area contributed by atoms with Crippen molar-refractivity contribution in [3.63, 3.8) is 0 Å². The van der Waals surface area contributed by atoms with Crippen molar-refractivity contribution in [2.45, 2.75) is 45.3 Å². The normalized spacial score (nSPS) is 20.9. The van der Waals surface area contributed by atoms with Crippen LogP contribution in [0.4, 0.5) is 16.3 Å². The highest BCUT2D eigenvalue weighted by atomic mass is 19.1. The maximum Gasteiger partial charge on any atom is 0.228 e. The molecule has 0 radical (unpaired) electrons. The van der Waals surface area contributed by atoms with Crippen LogP contribution < -0.4 is 11.1 Å². The van der Waals surface area contributed by atoms with E-state index < -0.39 is 5.67 Å². The molecule has 0 amide bonds.